The second kappa shape index (κ2) is 6.82. The van der Waals surface area contributed by atoms with Crippen LogP contribution in [0.25, 0.3) is 16.9 Å². The van der Waals surface area contributed by atoms with Crippen molar-refractivity contribution < 1.29 is 4.74 Å². The summed E-state index contributed by atoms with van der Waals surface area (Å²) in [6.07, 6.45) is 1.62. The summed E-state index contributed by atoms with van der Waals surface area (Å²) in [5.74, 6) is 0.791. The maximum absolute atomic E-state index is 13.2. The molecular formula is C19H24N4O3. The lowest BCUT2D eigenvalue weighted by atomic mass is 10.2. The molecule has 0 saturated heterocycles. The Labute approximate surface area is 151 Å². The lowest BCUT2D eigenvalue weighted by Crippen LogP contribution is -2.41. The number of hydrogen-bond donors (Lipinski definition) is 0. The number of ether oxygens (including phenoxy) is 1. The number of aromatic nitrogens is 4. The smallest absolute Gasteiger partial charge is 0.337 e. The molecule has 0 N–H and O–H groups in total. The molecule has 1 aromatic carbocycles. The molecule has 0 fully saturated rings. The van der Waals surface area contributed by atoms with Crippen LogP contribution in [0.15, 0.2) is 40.2 Å². The molecule has 3 aromatic rings. The summed E-state index contributed by atoms with van der Waals surface area (Å²) < 4.78 is 9.88. The monoisotopic (exact) mass is 356 g/mol. The molecule has 2 aromatic heterocycles. The van der Waals surface area contributed by atoms with Crippen LogP contribution in [0.2, 0.25) is 0 Å². The van der Waals surface area contributed by atoms with Gasteiger partial charge in [-0.3, -0.25) is 9.36 Å². The minimum Gasteiger partial charge on any atom is -0.497 e. The molecule has 2 heterocycles. The summed E-state index contributed by atoms with van der Waals surface area (Å²) in [6, 6.07) is 7.24. The minimum atomic E-state index is -0.390. The van der Waals surface area contributed by atoms with Crippen LogP contribution < -0.4 is 16.0 Å². The van der Waals surface area contributed by atoms with Crippen LogP contribution in [0, 0.1) is 5.92 Å². The highest BCUT2D eigenvalue weighted by Gasteiger charge is 2.20. The molecular weight excluding hydrogens is 332 g/mol. The van der Waals surface area contributed by atoms with Crippen LogP contribution in [0.4, 0.5) is 0 Å². The van der Waals surface area contributed by atoms with Gasteiger partial charge in [0.15, 0.2) is 11.2 Å². The molecule has 0 atom stereocenters. The Morgan fingerprint density at radius 1 is 1.15 bits per heavy atom. The van der Waals surface area contributed by atoms with Crippen molar-refractivity contribution in [3.63, 3.8) is 0 Å². The van der Waals surface area contributed by atoms with E-state index in [-0.39, 0.29) is 17.5 Å². The number of nitrogens with zero attached hydrogens (tertiary/aromatic N) is 4. The van der Waals surface area contributed by atoms with Crippen molar-refractivity contribution >= 4 is 11.2 Å². The van der Waals surface area contributed by atoms with Gasteiger partial charge < -0.3 is 9.30 Å². The summed E-state index contributed by atoms with van der Waals surface area (Å²) in [6.45, 7) is 8.26. The van der Waals surface area contributed by atoms with Gasteiger partial charge in [0, 0.05) is 18.7 Å². The quantitative estimate of drug-likeness (QED) is 0.704. The highest BCUT2D eigenvalue weighted by molar-refractivity contribution is 5.72. The van der Waals surface area contributed by atoms with Crippen LogP contribution in [-0.2, 0) is 6.54 Å². The average Bonchev–Trinajstić information content (AvgIpc) is 3.04. The first-order chi connectivity index (χ1) is 12.3. The molecule has 7 heteroatoms. The molecule has 0 amide bonds. The third kappa shape index (κ3) is 2.94. The van der Waals surface area contributed by atoms with Crippen LogP contribution in [0.1, 0.15) is 33.7 Å². The minimum absolute atomic E-state index is 0.0523. The fourth-order valence-corrected chi connectivity index (χ4v) is 3.05. The van der Waals surface area contributed by atoms with Crippen molar-refractivity contribution in [3.05, 3.63) is 51.4 Å². The number of benzene rings is 1. The molecule has 7 nitrogen and oxygen atoms in total. The predicted octanol–water partition coefficient (Wildman–Crippen LogP) is 2.59. The number of fused-ring (bicyclic) bond motifs is 1. The molecule has 3 rings (SSSR count). The van der Waals surface area contributed by atoms with Crippen LogP contribution in [0.3, 0.4) is 0 Å². The number of methoxy groups -OCH3 is 1. The lowest BCUT2D eigenvalue weighted by molar-refractivity contribution is 0.414. The van der Waals surface area contributed by atoms with Gasteiger partial charge in [-0.05, 0) is 31.9 Å². The van der Waals surface area contributed by atoms with Gasteiger partial charge in [-0.1, -0.05) is 19.9 Å². The maximum atomic E-state index is 13.2. The van der Waals surface area contributed by atoms with Gasteiger partial charge in [0.2, 0.25) is 0 Å². The van der Waals surface area contributed by atoms with Crippen LogP contribution >= 0.6 is 0 Å². The van der Waals surface area contributed by atoms with E-state index in [1.54, 1.807) is 19.5 Å². The van der Waals surface area contributed by atoms with Gasteiger partial charge in [0.05, 0.1) is 19.1 Å². The third-order valence-corrected chi connectivity index (χ3v) is 4.27. The largest absolute Gasteiger partial charge is 0.497 e. The zero-order valence-electron chi connectivity index (χ0n) is 15.8. The summed E-state index contributed by atoms with van der Waals surface area (Å²) in [5, 5.41) is 0. The molecule has 0 bridgehead atoms. The number of rotatable bonds is 5. The van der Waals surface area contributed by atoms with Gasteiger partial charge in [-0.15, -0.1) is 0 Å². The second-order valence-electron chi connectivity index (χ2n) is 7.05. The standard InChI is InChI=1S/C19H24N4O3/c1-12(2)10-21-18(24)16-17(20-11-22(16)13(3)4)23(19(21)25)14-7-6-8-15(9-14)26-5/h6-9,11-13H,10H2,1-5H3. The van der Waals surface area contributed by atoms with E-state index in [0.29, 0.717) is 29.1 Å². The van der Waals surface area contributed by atoms with E-state index in [2.05, 4.69) is 4.98 Å². The van der Waals surface area contributed by atoms with E-state index < -0.39 is 5.69 Å². The molecule has 0 radical (unpaired) electrons. The Kier molecular flexibility index (Phi) is 4.71. The van der Waals surface area contributed by atoms with E-state index in [1.165, 1.54) is 9.13 Å². The zero-order valence-corrected chi connectivity index (χ0v) is 15.8. The SMILES string of the molecule is COc1cccc(-n2c(=O)n(CC(C)C)c(=O)c3c2ncn3C(C)C)c1. The van der Waals surface area contributed by atoms with E-state index in [1.807, 2.05) is 50.5 Å². The van der Waals surface area contributed by atoms with Gasteiger partial charge in [-0.25, -0.2) is 14.3 Å². The van der Waals surface area contributed by atoms with Crippen molar-refractivity contribution in [2.75, 3.05) is 7.11 Å². The van der Waals surface area contributed by atoms with E-state index in [0.717, 1.165) is 0 Å². The normalized spacial score (nSPS) is 11.7. The van der Waals surface area contributed by atoms with Crippen molar-refractivity contribution in [1.29, 1.82) is 0 Å². The summed E-state index contributed by atoms with van der Waals surface area (Å²) in [4.78, 5) is 30.6. The molecule has 0 unspecified atom stereocenters. The van der Waals surface area contributed by atoms with Gasteiger partial charge in [0.1, 0.15) is 5.75 Å². The Morgan fingerprint density at radius 2 is 1.88 bits per heavy atom. The van der Waals surface area contributed by atoms with Gasteiger partial charge in [0.25, 0.3) is 5.56 Å². The molecule has 0 aliphatic rings. The van der Waals surface area contributed by atoms with Crippen LogP contribution in [0.5, 0.6) is 5.75 Å². The van der Waals surface area contributed by atoms with Crippen molar-refractivity contribution in [2.24, 2.45) is 5.92 Å². The molecule has 138 valence electrons. The predicted molar refractivity (Wildman–Crippen MR) is 101 cm³/mol. The number of hydrogen-bond acceptors (Lipinski definition) is 4. The summed E-state index contributed by atoms with van der Waals surface area (Å²) in [7, 11) is 1.57. The average molecular weight is 356 g/mol. The molecule has 0 aliphatic heterocycles. The third-order valence-electron chi connectivity index (χ3n) is 4.27. The molecule has 0 spiro atoms. The Morgan fingerprint density at radius 3 is 2.50 bits per heavy atom. The molecule has 0 aliphatic carbocycles. The van der Waals surface area contributed by atoms with E-state index in [4.69, 9.17) is 4.74 Å². The second-order valence-corrected chi connectivity index (χ2v) is 7.05. The first kappa shape index (κ1) is 18.0. The lowest BCUT2D eigenvalue weighted by Gasteiger charge is -2.15. The maximum Gasteiger partial charge on any atom is 0.337 e. The first-order valence-corrected chi connectivity index (χ1v) is 8.72. The van der Waals surface area contributed by atoms with Crippen molar-refractivity contribution in [3.8, 4) is 11.4 Å². The highest BCUT2D eigenvalue weighted by Crippen LogP contribution is 2.20. The van der Waals surface area contributed by atoms with Gasteiger partial charge in [-0.2, -0.15) is 0 Å². The summed E-state index contributed by atoms with van der Waals surface area (Å²) >= 11 is 0. The van der Waals surface area contributed by atoms with E-state index in [9.17, 15) is 9.59 Å². The topological polar surface area (TPSA) is 71.1 Å². The highest BCUT2D eigenvalue weighted by atomic mass is 16.5. The van der Waals surface area contributed by atoms with Gasteiger partial charge >= 0.3 is 5.69 Å². The fourth-order valence-electron chi connectivity index (χ4n) is 3.05. The number of imidazole rings is 1. The Hall–Kier alpha value is -2.83. The van der Waals surface area contributed by atoms with Crippen LogP contribution in [-0.4, -0.2) is 25.8 Å². The Balaban J connectivity index is 2.44. The van der Waals surface area contributed by atoms with Crippen molar-refractivity contribution in [1.82, 2.24) is 18.7 Å². The van der Waals surface area contributed by atoms with Crippen molar-refractivity contribution in [2.45, 2.75) is 40.3 Å². The van der Waals surface area contributed by atoms with E-state index >= 15 is 0 Å². The summed E-state index contributed by atoms with van der Waals surface area (Å²) in [5.41, 5.74) is 0.721. The Bertz CT molecular complexity index is 1060. The molecule has 26 heavy (non-hydrogen) atoms. The zero-order chi connectivity index (χ0) is 19.0. The fraction of sp³-hybridized carbons (Fsp3) is 0.421. The molecule has 0 saturated carbocycles. The first-order valence-electron chi connectivity index (χ1n) is 8.72.